The number of tetrazole rings is 1. The molecule has 0 bridgehead atoms. The number of nitrogens with zero attached hydrogens (tertiary/aromatic N) is 4. The van der Waals surface area contributed by atoms with Gasteiger partial charge in [0.2, 0.25) is 0 Å². The highest BCUT2D eigenvalue weighted by atomic mass is 16.5. The maximum atomic E-state index is 12.2. The van der Waals surface area contributed by atoms with Crippen LogP contribution in [0.5, 0.6) is 5.75 Å². The van der Waals surface area contributed by atoms with Crippen LogP contribution in [0.25, 0.3) is 5.69 Å². The number of rotatable bonds is 7. The van der Waals surface area contributed by atoms with Gasteiger partial charge in [0.05, 0.1) is 12.8 Å². The number of urea groups is 1. The molecular weight excluding hydrogens is 348 g/mol. The Hall–Kier alpha value is -2.72. The molecule has 1 aromatic carbocycles. The van der Waals surface area contributed by atoms with Gasteiger partial charge in [0.1, 0.15) is 12.1 Å². The lowest BCUT2D eigenvalue weighted by Crippen LogP contribution is -2.31. The molecule has 2 amide bonds. The van der Waals surface area contributed by atoms with Gasteiger partial charge in [-0.3, -0.25) is 10.9 Å². The van der Waals surface area contributed by atoms with Gasteiger partial charge in [-0.25, -0.2) is 9.48 Å². The number of hydrazine groups is 1. The molecule has 10 nitrogen and oxygen atoms in total. The molecule has 1 aliphatic heterocycles. The molecule has 1 aromatic heterocycles. The van der Waals surface area contributed by atoms with E-state index in [1.807, 2.05) is 0 Å². The van der Waals surface area contributed by atoms with Crippen LogP contribution in [0.4, 0.5) is 10.5 Å². The Morgan fingerprint density at radius 3 is 2.70 bits per heavy atom. The van der Waals surface area contributed by atoms with Gasteiger partial charge in [-0.05, 0) is 49.1 Å². The highest BCUT2D eigenvalue weighted by Gasteiger charge is 2.28. The second-order valence-electron chi connectivity index (χ2n) is 6.73. The van der Waals surface area contributed by atoms with Crippen LogP contribution in [-0.2, 0) is 0 Å². The van der Waals surface area contributed by atoms with E-state index in [1.54, 1.807) is 25.3 Å². The summed E-state index contributed by atoms with van der Waals surface area (Å²) in [6, 6.07) is 5.93. The fourth-order valence-electron chi connectivity index (χ4n) is 3.31. The van der Waals surface area contributed by atoms with Gasteiger partial charge in [-0.2, -0.15) is 0 Å². The summed E-state index contributed by atoms with van der Waals surface area (Å²) < 4.78 is 6.78. The zero-order valence-electron chi connectivity index (χ0n) is 15.8. The van der Waals surface area contributed by atoms with Crippen molar-refractivity contribution in [3.63, 3.8) is 0 Å². The number of anilines is 1. The summed E-state index contributed by atoms with van der Waals surface area (Å²) in [5.41, 5.74) is 7.80. The summed E-state index contributed by atoms with van der Waals surface area (Å²) in [4.78, 5) is 12.2. The van der Waals surface area contributed by atoms with Crippen molar-refractivity contribution in [2.75, 3.05) is 19.0 Å². The molecule has 146 valence electrons. The van der Waals surface area contributed by atoms with E-state index in [0.717, 1.165) is 12.8 Å². The second-order valence-corrected chi connectivity index (χ2v) is 6.73. The van der Waals surface area contributed by atoms with Gasteiger partial charge in [0.15, 0.2) is 0 Å². The Kier molecular flexibility index (Phi) is 6.20. The average Bonchev–Trinajstić information content (AvgIpc) is 3.30. The summed E-state index contributed by atoms with van der Waals surface area (Å²) in [5.74, 6) is 1.16. The zero-order valence-corrected chi connectivity index (χ0v) is 15.8. The first kappa shape index (κ1) is 19.1. The van der Waals surface area contributed by atoms with Crippen LogP contribution in [-0.4, -0.2) is 52.0 Å². The molecule has 0 saturated carbocycles. The first-order chi connectivity index (χ1) is 13.1. The molecule has 27 heavy (non-hydrogen) atoms. The van der Waals surface area contributed by atoms with Gasteiger partial charge in [0, 0.05) is 36.4 Å². The zero-order chi connectivity index (χ0) is 19.2. The van der Waals surface area contributed by atoms with Crippen LogP contribution < -0.4 is 26.2 Å². The highest BCUT2D eigenvalue weighted by molar-refractivity contribution is 5.89. The number of carbonyl (C=O) groups excluding carboxylic acids is 1. The Morgan fingerprint density at radius 1 is 1.26 bits per heavy atom. The minimum absolute atomic E-state index is 0.255. The van der Waals surface area contributed by atoms with Crippen molar-refractivity contribution in [1.82, 2.24) is 36.4 Å². The van der Waals surface area contributed by atoms with E-state index >= 15 is 0 Å². The molecule has 2 heterocycles. The lowest BCUT2D eigenvalue weighted by molar-refractivity contribution is 0.251. The third kappa shape index (κ3) is 4.92. The van der Waals surface area contributed by atoms with Gasteiger partial charge in [-0.1, -0.05) is 0 Å². The van der Waals surface area contributed by atoms with Crippen molar-refractivity contribution in [1.29, 1.82) is 0 Å². The molecule has 0 radical (unpaired) electrons. The monoisotopic (exact) mass is 374 g/mol. The van der Waals surface area contributed by atoms with Gasteiger partial charge < -0.3 is 15.4 Å². The first-order valence-electron chi connectivity index (χ1n) is 9.05. The highest BCUT2D eigenvalue weighted by Crippen LogP contribution is 2.23. The third-order valence-corrected chi connectivity index (χ3v) is 4.82. The molecule has 1 fully saturated rings. The lowest BCUT2D eigenvalue weighted by atomic mass is 9.92. The minimum Gasteiger partial charge on any atom is -0.497 e. The van der Waals surface area contributed by atoms with Crippen LogP contribution in [0.3, 0.4) is 0 Å². The van der Waals surface area contributed by atoms with Crippen LogP contribution >= 0.6 is 0 Å². The number of ether oxygens (including phenoxy) is 1. The Balaban J connectivity index is 1.51. The number of hydrogen-bond donors (Lipinski definition) is 4. The van der Waals surface area contributed by atoms with E-state index in [2.05, 4.69) is 50.9 Å². The van der Waals surface area contributed by atoms with Crippen molar-refractivity contribution >= 4 is 11.7 Å². The molecule has 1 aliphatic rings. The molecule has 0 aliphatic carbocycles. The van der Waals surface area contributed by atoms with E-state index in [0.29, 0.717) is 41.7 Å². The topological polar surface area (TPSA) is 118 Å². The molecule has 1 saturated heterocycles. The second kappa shape index (κ2) is 8.78. The van der Waals surface area contributed by atoms with E-state index in [9.17, 15) is 4.79 Å². The van der Waals surface area contributed by atoms with Crippen molar-refractivity contribution in [3.8, 4) is 11.4 Å². The Morgan fingerprint density at radius 2 is 2.04 bits per heavy atom. The van der Waals surface area contributed by atoms with Gasteiger partial charge in [0.25, 0.3) is 0 Å². The van der Waals surface area contributed by atoms with Crippen molar-refractivity contribution < 1.29 is 9.53 Å². The number of aromatic nitrogens is 4. The van der Waals surface area contributed by atoms with Crippen molar-refractivity contribution in [3.05, 3.63) is 24.5 Å². The van der Waals surface area contributed by atoms with Crippen LogP contribution in [0.2, 0.25) is 0 Å². The lowest BCUT2D eigenvalue weighted by Gasteiger charge is -2.17. The normalized spacial score (nSPS) is 21.8. The molecule has 0 spiro atoms. The maximum absolute atomic E-state index is 12.2. The Labute approximate surface area is 158 Å². The number of carbonyl (C=O) groups is 1. The summed E-state index contributed by atoms with van der Waals surface area (Å²) in [7, 11) is 1.57. The van der Waals surface area contributed by atoms with Crippen LogP contribution in [0.1, 0.15) is 26.7 Å². The number of hydrogen-bond acceptors (Lipinski definition) is 7. The summed E-state index contributed by atoms with van der Waals surface area (Å²) in [6.45, 7) is 4.96. The van der Waals surface area contributed by atoms with Crippen LogP contribution in [0.15, 0.2) is 24.5 Å². The van der Waals surface area contributed by atoms with E-state index < -0.39 is 0 Å². The first-order valence-corrected chi connectivity index (χ1v) is 9.05. The van der Waals surface area contributed by atoms with E-state index in [4.69, 9.17) is 4.74 Å². The SMILES string of the molecule is COc1cc(NC(=O)NCCCC2C(C)NNC2C)cc(-n2cnnn2)c1. The van der Waals surface area contributed by atoms with Crippen molar-refractivity contribution in [2.24, 2.45) is 5.92 Å². The van der Waals surface area contributed by atoms with Crippen LogP contribution in [0, 0.1) is 5.92 Å². The smallest absolute Gasteiger partial charge is 0.319 e. The summed E-state index contributed by atoms with van der Waals surface area (Å²) >= 11 is 0. The Bertz CT molecular complexity index is 741. The van der Waals surface area contributed by atoms with E-state index in [-0.39, 0.29) is 6.03 Å². The molecule has 2 atom stereocenters. The third-order valence-electron chi connectivity index (χ3n) is 4.82. The summed E-state index contributed by atoms with van der Waals surface area (Å²) in [6.07, 6.45) is 3.45. The number of methoxy groups -OCH3 is 1. The predicted octanol–water partition coefficient (Wildman–Crippen LogP) is 1.07. The number of nitrogens with one attached hydrogen (secondary N) is 4. The molecular formula is C17H26N8O2. The quantitative estimate of drug-likeness (QED) is 0.536. The largest absolute Gasteiger partial charge is 0.497 e. The molecule has 2 unspecified atom stereocenters. The fraction of sp³-hybridized carbons (Fsp3) is 0.529. The predicted molar refractivity (Wildman–Crippen MR) is 101 cm³/mol. The summed E-state index contributed by atoms with van der Waals surface area (Å²) in [5, 5.41) is 16.8. The van der Waals surface area contributed by atoms with E-state index in [1.165, 1.54) is 11.0 Å². The standard InChI is InChI=1S/C17H26N8O2/c1-11-16(12(2)22-21-11)5-4-6-18-17(26)20-13-7-14(9-15(8-13)27-3)25-10-19-23-24-25/h7-12,16,21-22H,4-6H2,1-3H3,(H2,18,20,26). The fourth-order valence-corrected chi connectivity index (χ4v) is 3.31. The van der Waals surface area contributed by atoms with Crippen molar-refractivity contribution in [2.45, 2.75) is 38.8 Å². The maximum Gasteiger partial charge on any atom is 0.319 e. The number of amides is 2. The van der Waals surface area contributed by atoms with Gasteiger partial charge in [-0.15, -0.1) is 5.10 Å². The number of benzene rings is 1. The minimum atomic E-state index is -0.255. The average molecular weight is 374 g/mol. The molecule has 2 aromatic rings. The van der Waals surface area contributed by atoms with Gasteiger partial charge >= 0.3 is 6.03 Å². The molecule has 10 heteroatoms. The molecule has 3 rings (SSSR count). The molecule has 4 N–H and O–H groups in total.